The number of thiazole rings is 1. The molecule has 0 unspecified atom stereocenters. The van der Waals surface area contributed by atoms with Crippen molar-refractivity contribution in [3.05, 3.63) is 58.1 Å². The molecule has 3 aromatic rings. The molecule has 5 nitrogen and oxygen atoms in total. The van der Waals surface area contributed by atoms with Crippen LogP contribution in [-0.2, 0) is 14.6 Å². The normalized spacial score (nSPS) is 12.0. The Morgan fingerprint density at radius 3 is 2.62 bits per heavy atom. The van der Waals surface area contributed by atoms with Crippen LogP contribution in [0, 0.1) is 0 Å². The Bertz CT molecular complexity index is 1140. The number of halogens is 2. The first kappa shape index (κ1) is 18.8. The number of nitrogens with one attached hydrogen (secondary N) is 1. The van der Waals surface area contributed by atoms with E-state index in [1.54, 1.807) is 36.4 Å². The van der Waals surface area contributed by atoms with Crippen LogP contribution in [0.25, 0.3) is 16.3 Å². The van der Waals surface area contributed by atoms with Crippen LogP contribution in [0.1, 0.15) is 5.56 Å². The molecule has 0 saturated carbocycles. The Balaban J connectivity index is 1.76. The van der Waals surface area contributed by atoms with Gasteiger partial charge in [-0.05, 0) is 42.0 Å². The molecule has 0 atom stereocenters. The first-order valence-electron chi connectivity index (χ1n) is 7.27. The van der Waals surface area contributed by atoms with Crippen molar-refractivity contribution < 1.29 is 13.2 Å². The Kier molecular flexibility index (Phi) is 5.34. The lowest BCUT2D eigenvalue weighted by Crippen LogP contribution is -2.07. The van der Waals surface area contributed by atoms with E-state index in [4.69, 9.17) is 23.2 Å². The van der Waals surface area contributed by atoms with Crippen LogP contribution in [0.2, 0.25) is 10.0 Å². The summed E-state index contributed by atoms with van der Waals surface area (Å²) in [6.45, 7) is 0. The second kappa shape index (κ2) is 7.36. The number of hydrogen-bond donors (Lipinski definition) is 1. The van der Waals surface area contributed by atoms with Gasteiger partial charge in [0.15, 0.2) is 15.0 Å². The molecule has 0 saturated heterocycles. The van der Waals surface area contributed by atoms with Gasteiger partial charge in [0.05, 0.1) is 25.2 Å². The third-order valence-electron chi connectivity index (χ3n) is 3.39. The average molecular weight is 427 g/mol. The summed E-state index contributed by atoms with van der Waals surface area (Å²) in [5.41, 5.74) is 1.35. The van der Waals surface area contributed by atoms with E-state index < -0.39 is 9.84 Å². The third kappa shape index (κ3) is 4.42. The molecule has 1 N–H and O–H groups in total. The fourth-order valence-electron chi connectivity index (χ4n) is 2.12. The van der Waals surface area contributed by atoms with E-state index in [9.17, 15) is 13.2 Å². The minimum absolute atomic E-state index is 0.214. The Morgan fingerprint density at radius 2 is 1.92 bits per heavy atom. The predicted octanol–water partition coefficient (Wildman–Crippen LogP) is 4.66. The van der Waals surface area contributed by atoms with Crippen LogP contribution < -0.4 is 5.32 Å². The molecule has 9 heteroatoms. The Morgan fingerprint density at radius 1 is 1.15 bits per heavy atom. The molecule has 134 valence electrons. The number of fused-ring (bicyclic) bond motifs is 1. The van der Waals surface area contributed by atoms with Gasteiger partial charge in [-0.3, -0.25) is 10.1 Å². The molecule has 0 aliphatic carbocycles. The van der Waals surface area contributed by atoms with Gasteiger partial charge in [-0.2, -0.15) is 0 Å². The lowest BCUT2D eigenvalue weighted by Gasteiger charge is -1.98. The van der Waals surface area contributed by atoms with Crippen LogP contribution in [0.15, 0.2) is 47.4 Å². The molecular formula is C17H12Cl2N2O3S2. The number of anilines is 1. The molecule has 0 aliphatic rings. The van der Waals surface area contributed by atoms with Crippen LogP contribution in [0.5, 0.6) is 0 Å². The van der Waals surface area contributed by atoms with Crippen molar-refractivity contribution in [2.24, 2.45) is 0 Å². The standard InChI is InChI=1S/C17H12Cl2N2O3S2/c1-26(23,24)11-4-6-14-15(9-11)25-17(20-14)21-16(22)7-3-10-2-5-12(18)13(19)8-10/h2-9H,1H3,(H,20,21,22). The maximum atomic E-state index is 12.1. The van der Waals surface area contributed by atoms with Gasteiger partial charge in [-0.15, -0.1) is 0 Å². The molecule has 0 bridgehead atoms. The molecule has 2 aromatic carbocycles. The van der Waals surface area contributed by atoms with Crippen molar-refractivity contribution in [2.75, 3.05) is 11.6 Å². The number of hydrogen-bond acceptors (Lipinski definition) is 5. The van der Waals surface area contributed by atoms with Gasteiger partial charge in [0.1, 0.15) is 0 Å². The van der Waals surface area contributed by atoms with Crippen LogP contribution >= 0.6 is 34.5 Å². The monoisotopic (exact) mass is 426 g/mol. The van der Waals surface area contributed by atoms with E-state index in [1.165, 1.54) is 23.5 Å². The summed E-state index contributed by atoms with van der Waals surface area (Å²) < 4.78 is 23.9. The zero-order chi connectivity index (χ0) is 18.9. The van der Waals surface area contributed by atoms with Crippen LogP contribution in [-0.4, -0.2) is 25.6 Å². The fraction of sp³-hybridized carbons (Fsp3) is 0.0588. The Labute approximate surface area is 164 Å². The smallest absolute Gasteiger partial charge is 0.250 e. The quantitative estimate of drug-likeness (QED) is 0.615. The SMILES string of the molecule is CS(=O)(=O)c1ccc2nc(NC(=O)C=Cc3ccc(Cl)c(Cl)c3)sc2c1. The number of rotatable bonds is 4. The molecule has 3 rings (SSSR count). The van der Waals surface area contributed by atoms with Gasteiger partial charge in [0.2, 0.25) is 5.91 Å². The molecule has 1 heterocycles. The first-order chi connectivity index (χ1) is 12.2. The Hall–Kier alpha value is -1.93. The van der Waals surface area contributed by atoms with Crippen LogP contribution in [0.4, 0.5) is 5.13 Å². The lowest BCUT2D eigenvalue weighted by molar-refractivity contribution is -0.111. The van der Waals surface area contributed by atoms with E-state index in [2.05, 4.69) is 10.3 Å². The molecule has 1 aromatic heterocycles. The topological polar surface area (TPSA) is 76.1 Å². The molecule has 0 fully saturated rings. The van der Waals surface area contributed by atoms with Crippen molar-refractivity contribution in [2.45, 2.75) is 4.90 Å². The second-order valence-corrected chi connectivity index (χ2v) is 9.28. The van der Waals surface area contributed by atoms with Crippen molar-refractivity contribution in [3.63, 3.8) is 0 Å². The first-order valence-corrected chi connectivity index (χ1v) is 10.7. The number of nitrogens with zero attached hydrogens (tertiary/aromatic N) is 1. The maximum Gasteiger partial charge on any atom is 0.250 e. The van der Waals surface area contributed by atoms with E-state index in [0.717, 1.165) is 11.8 Å². The molecule has 0 aliphatic heterocycles. The number of amides is 1. The largest absolute Gasteiger partial charge is 0.298 e. The van der Waals surface area contributed by atoms with Gasteiger partial charge in [0.25, 0.3) is 0 Å². The van der Waals surface area contributed by atoms with Gasteiger partial charge in [-0.25, -0.2) is 13.4 Å². The van der Waals surface area contributed by atoms with Crippen molar-refractivity contribution >= 4 is 71.7 Å². The van der Waals surface area contributed by atoms with Gasteiger partial charge >= 0.3 is 0 Å². The number of sulfone groups is 1. The molecular weight excluding hydrogens is 415 g/mol. The van der Waals surface area contributed by atoms with E-state index in [0.29, 0.717) is 25.4 Å². The second-order valence-electron chi connectivity index (χ2n) is 5.42. The summed E-state index contributed by atoms with van der Waals surface area (Å²) in [6.07, 6.45) is 4.10. The van der Waals surface area contributed by atoms with Gasteiger partial charge < -0.3 is 0 Å². The van der Waals surface area contributed by atoms with E-state index in [1.807, 2.05) is 0 Å². The van der Waals surface area contributed by atoms with Crippen molar-refractivity contribution in [1.82, 2.24) is 4.98 Å². The summed E-state index contributed by atoms with van der Waals surface area (Å²) in [6, 6.07) is 9.69. The molecule has 0 radical (unpaired) electrons. The van der Waals surface area contributed by atoms with Gasteiger partial charge in [0, 0.05) is 12.3 Å². The van der Waals surface area contributed by atoms with E-state index >= 15 is 0 Å². The highest BCUT2D eigenvalue weighted by Crippen LogP contribution is 2.28. The summed E-state index contributed by atoms with van der Waals surface area (Å²) in [4.78, 5) is 16.5. The number of aromatic nitrogens is 1. The van der Waals surface area contributed by atoms with Gasteiger partial charge in [-0.1, -0.05) is 40.6 Å². The summed E-state index contributed by atoms with van der Waals surface area (Å²) in [5.74, 6) is -0.363. The summed E-state index contributed by atoms with van der Waals surface area (Å²) in [7, 11) is -3.29. The lowest BCUT2D eigenvalue weighted by atomic mass is 10.2. The minimum atomic E-state index is -3.29. The molecule has 26 heavy (non-hydrogen) atoms. The maximum absolute atomic E-state index is 12.1. The minimum Gasteiger partial charge on any atom is -0.298 e. The number of benzene rings is 2. The summed E-state index contributed by atoms with van der Waals surface area (Å²) in [5, 5.41) is 3.89. The van der Waals surface area contributed by atoms with E-state index in [-0.39, 0.29) is 10.8 Å². The number of carbonyl (C=O) groups excluding carboxylic acids is 1. The molecule has 1 amide bonds. The molecule has 0 spiro atoms. The fourth-order valence-corrected chi connectivity index (χ4v) is 4.06. The average Bonchev–Trinajstić information content (AvgIpc) is 2.96. The highest BCUT2D eigenvalue weighted by Gasteiger charge is 2.11. The summed E-state index contributed by atoms with van der Waals surface area (Å²) >= 11 is 13.0. The zero-order valence-corrected chi connectivity index (χ0v) is 16.5. The number of carbonyl (C=O) groups is 1. The highest BCUT2D eigenvalue weighted by molar-refractivity contribution is 7.90. The zero-order valence-electron chi connectivity index (χ0n) is 13.4. The van der Waals surface area contributed by atoms with Crippen molar-refractivity contribution in [1.29, 1.82) is 0 Å². The highest BCUT2D eigenvalue weighted by atomic mass is 35.5. The van der Waals surface area contributed by atoms with Crippen LogP contribution in [0.3, 0.4) is 0 Å². The third-order valence-corrected chi connectivity index (χ3v) is 6.17. The van der Waals surface area contributed by atoms with Crippen molar-refractivity contribution in [3.8, 4) is 0 Å². The predicted molar refractivity (Wildman–Crippen MR) is 107 cm³/mol.